The Kier molecular flexibility index (Phi) is 4.31. The van der Waals surface area contributed by atoms with E-state index in [0.717, 1.165) is 31.2 Å². The molecule has 1 saturated heterocycles. The summed E-state index contributed by atoms with van der Waals surface area (Å²) in [5.41, 5.74) is 6.05. The number of hydrogen-bond acceptors (Lipinski definition) is 5. The van der Waals surface area contributed by atoms with Crippen LogP contribution >= 0.6 is 11.3 Å². The van der Waals surface area contributed by atoms with Crippen molar-refractivity contribution in [3.63, 3.8) is 0 Å². The highest BCUT2D eigenvalue weighted by Crippen LogP contribution is 2.13. The summed E-state index contributed by atoms with van der Waals surface area (Å²) < 4.78 is 0. The number of piperazine rings is 1. The van der Waals surface area contributed by atoms with Crippen LogP contribution in [0.15, 0.2) is 5.38 Å². The zero-order valence-corrected chi connectivity index (χ0v) is 11.7. The molecule has 0 saturated carbocycles. The number of thiazole rings is 1. The summed E-state index contributed by atoms with van der Waals surface area (Å²) in [6, 6.07) is 0.547. The first-order chi connectivity index (χ1) is 8.61. The van der Waals surface area contributed by atoms with Crippen molar-refractivity contribution in [3.05, 3.63) is 16.1 Å². The van der Waals surface area contributed by atoms with Crippen LogP contribution in [0.25, 0.3) is 0 Å². The van der Waals surface area contributed by atoms with Gasteiger partial charge in [-0.15, -0.1) is 11.3 Å². The Hall–Kier alpha value is -0.980. The molecule has 0 bridgehead atoms. The summed E-state index contributed by atoms with van der Waals surface area (Å²) in [7, 11) is 0. The number of rotatable bonds is 3. The van der Waals surface area contributed by atoms with Crippen LogP contribution in [0.4, 0.5) is 0 Å². The van der Waals surface area contributed by atoms with Gasteiger partial charge in [-0.2, -0.15) is 0 Å². The molecule has 100 valence electrons. The average Bonchev–Trinajstić information content (AvgIpc) is 2.86. The highest BCUT2D eigenvalue weighted by molar-refractivity contribution is 7.09. The maximum atomic E-state index is 12.2. The van der Waals surface area contributed by atoms with Crippen molar-refractivity contribution in [3.8, 4) is 0 Å². The largest absolute Gasteiger partial charge is 0.335 e. The van der Waals surface area contributed by atoms with Gasteiger partial charge in [0.1, 0.15) is 10.7 Å². The molecule has 6 heteroatoms. The van der Waals surface area contributed by atoms with E-state index in [9.17, 15) is 4.79 Å². The summed E-state index contributed by atoms with van der Waals surface area (Å²) in [5.74, 6) is 0.0364. The molecule has 0 radical (unpaired) electrons. The SMILES string of the molecule is CC(C)N1CCN(C(=O)c2csc(CN)n2)CC1. The van der Waals surface area contributed by atoms with E-state index in [-0.39, 0.29) is 5.91 Å². The molecule has 0 aliphatic carbocycles. The lowest BCUT2D eigenvalue weighted by atomic mass is 10.2. The standard InChI is InChI=1S/C12H20N4OS/c1-9(2)15-3-5-16(6-4-15)12(17)10-8-18-11(7-13)14-10/h8-9H,3-7,13H2,1-2H3. The molecule has 1 aliphatic heterocycles. The first-order valence-electron chi connectivity index (χ1n) is 6.29. The van der Waals surface area contributed by atoms with Gasteiger partial charge < -0.3 is 10.6 Å². The molecule has 18 heavy (non-hydrogen) atoms. The molecule has 0 aromatic carbocycles. The monoisotopic (exact) mass is 268 g/mol. The molecule has 1 fully saturated rings. The number of carbonyl (C=O) groups excluding carboxylic acids is 1. The number of nitrogens with zero attached hydrogens (tertiary/aromatic N) is 3. The van der Waals surface area contributed by atoms with Gasteiger partial charge in [0.05, 0.1) is 0 Å². The molecular weight excluding hydrogens is 248 g/mol. The Morgan fingerprint density at radius 3 is 2.61 bits per heavy atom. The van der Waals surface area contributed by atoms with E-state index in [4.69, 9.17) is 5.73 Å². The number of nitrogens with two attached hydrogens (primary N) is 1. The van der Waals surface area contributed by atoms with Crippen LogP contribution in [-0.2, 0) is 6.54 Å². The Labute approximate surface area is 112 Å². The van der Waals surface area contributed by atoms with Gasteiger partial charge in [0.15, 0.2) is 0 Å². The average molecular weight is 268 g/mol. The van der Waals surface area contributed by atoms with Crippen molar-refractivity contribution in [1.29, 1.82) is 0 Å². The maximum absolute atomic E-state index is 12.2. The minimum absolute atomic E-state index is 0.0364. The molecule has 0 atom stereocenters. The van der Waals surface area contributed by atoms with Crippen molar-refractivity contribution < 1.29 is 4.79 Å². The van der Waals surface area contributed by atoms with Crippen LogP contribution in [0.2, 0.25) is 0 Å². The minimum atomic E-state index is 0.0364. The lowest BCUT2D eigenvalue weighted by molar-refractivity contribution is 0.0590. The number of amides is 1. The van der Waals surface area contributed by atoms with Gasteiger partial charge in [-0.05, 0) is 13.8 Å². The van der Waals surface area contributed by atoms with Crippen molar-refractivity contribution in [2.24, 2.45) is 5.73 Å². The molecular formula is C12H20N4OS. The summed E-state index contributed by atoms with van der Waals surface area (Å²) in [4.78, 5) is 20.7. The van der Waals surface area contributed by atoms with Gasteiger partial charge in [0.2, 0.25) is 0 Å². The molecule has 2 heterocycles. The second kappa shape index (κ2) is 5.77. The Morgan fingerprint density at radius 1 is 1.44 bits per heavy atom. The van der Waals surface area contributed by atoms with Crippen LogP contribution in [-0.4, -0.2) is 52.9 Å². The Morgan fingerprint density at radius 2 is 2.11 bits per heavy atom. The summed E-state index contributed by atoms with van der Waals surface area (Å²) in [5, 5.41) is 2.62. The molecule has 2 rings (SSSR count). The lowest BCUT2D eigenvalue weighted by Gasteiger charge is -2.36. The summed E-state index contributed by atoms with van der Waals surface area (Å²) in [6.45, 7) is 8.23. The van der Waals surface area contributed by atoms with E-state index in [1.165, 1.54) is 11.3 Å². The maximum Gasteiger partial charge on any atom is 0.273 e. The highest BCUT2D eigenvalue weighted by atomic mass is 32.1. The van der Waals surface area contributed by atoms with E-state index in [0.29, 0.717) is 18.3 Å². The van der Waals surface area contributed by atoms with Gasteiger partial charge in [-0.25, -0.2) is 4.98 Å². The number of aromatic nitrogens is 1. The van der Waals surface area contributed by atoms with Crippen molar-refractivity contribution in [1.82, 2.24) is 14.8 Å². The van der Waals surface area contributed by atoms with Crippen molar-refractivity contribution in [2.45, 2.75) is 26.4 Å². The first-order valence-corrected chi connectivity index (χ1v) is 7.17. The fourth-order valence-corrected chi connectivity index (χ4v) is 2.75. The third-order valence-electron chi connectivity index (χ3n) is 3.28. The quantitative estimate of drug-likeness (QED) is 0.879. The Bertz CT molecular complexity index is 410. The fourth-order valence-electron chi connectivity index (χ4n) is 2.11. The minimum Gasteiger partial charge on any atom is -0.335 e. The predicted octanol–water partition coefficient (Wildman–Crippen LogP) is 0.768. The molecule has 5 nitrogen and oxygen atoms in total. The zero-order valence-electron chi connectivity index (χ0n) is 10.9. The van der Waals surface area contributed by atoms with Gasteiger partial charge in [-0.1, -0.05) is 0 Å². The molecule has 1 amide bonds. The topological polar surface area (TPSA) is 62.5 Å². The van der Waals surface area contributed by atoms with E-state index < -0.39 is 0 Å². The van der Waals surface area contributed by atoms with E-state index in [2.05, 4.69) is 23.7 Å². The van der Waals surface area contributed by atoms with Crippen LogP contribution in [0, 0.1) is 0 Å². The van der Waals surface area contributed by atoms with Crippen LogP contribution < -0.4 is 5.73 Å². The molecule has 1 aliphatic rings. The van der Waals surface area contributed by atoms with Gasteiger partial charge in [0, 0.05) is 44.1 Å². The second-order valence-electron chi connectivity index (χ2n) is 4.75. The van der Waals surface area contributed by atoms with Gasteiger partial charge in [0.25, 0.3) is 5.91 Å². The summed E-state index contributed by atoms with van der Waals surface area (Å²) in [6.07, 6.45) is 0. The van der Waals surface area contributed by atoms with Crippen LogP contribution in [0.1, 0.15) is 29.3 Å². The van der Waals surface area contributed by atoms with Crippen LogP contribution in [0.3, 0.4) is 0 Å². The zero-order chi connectivity index (χ0) is 13.1. The third-order valence-corrected chi connectivity index (χ3v) is 4.15. The summed E-state index contributed by atoms with van der Waals surface area (Å²) >= 11 is 1.45. The van der Waals surface area contributed by atoms with Gasteiger partial charge in [-0.3, -0.25) is 9.69 Å². The highest BCUT2D eigenvalue weighted by Gasteiger charge is 2.24. The predicted molar refractivity (Wildman–Crippen MR) is 72.6 cm³/mol. The Balaban J connectivity index is 1.95. The molecule has 2 N–H and O–H groups in total. The number of carbonyl (C=O) groups is 1. The molecule has 1 aromatic rings. The smallest absolute Gasteiger partial charge is 0.273 e. The van der Waals surface area contributed by atoms with E-state index >= 15 is 0 Å². The van der Waals surface area contributed by atoms with Gasteiger partial charge >= 0.3 is 0 Å². The lowest BCUT2D eigenvalue weighted by Crippen LogP contribution is -2.50. The first kappa shape index (κ1) is 13.5. The normalized spacial score (nSPS) is 17.4. The van der Waals surface area contributed by atoms with E-state index in [1.54, 1.807) is 5.38 Å². The molecule has 0 unspecified atom stereocenters. The molecule has 0 spiro atoms. The van der Waals surface area contributed by atoms with Crippen molar-refractivity contribution in [2.75, 3.05) is 26.2 Å². The third kappa shape index (κ3) is 2.88. The van der Waals surface area contributed by atoms with Crippen molar-refractivity contribution >= 4 is 17.2 Å². The number of hydrogen-bond donors (Lipinski definition) is 1. The molecule has 1 aromatic heterocycles. The second-order valence-corrected chi connectivity index (χ2v) is 5.70. The fraction of sp³-hybridized carbons (Fsp3) is 0.667. The van der Waals surface area contributed by atoms with Crippen LogP contribution in [0.5, 0.6) is 0 Å². The van der Waals surface area contributed by atoms with E-state index in [1.807, 2.05) is 4.90 Å².